The third kappa shape index (κ3) is 3.98. The molecule has 3 aromatic rings. The Hall–Kier alpha value is -3.88. The minimum absolute atomic E-state index is 0.0166. The van der Waals surface area contributed by atoms with Crippen molar-refractivity contribution < 1.29 is 27.6 Å². The smallest absolute Gasteiger partial charge is 0.319 e. The third-order valence-electron chi connectivity index (χ3n) is 6.01. The molecule has 1 aliphatic rings. The second-order valence-corrected chi connectivity index (χ2v) is 8.16. The largest absolute Gasteiger partial charge is 0.416 e. The van der Waals surface area contributed by atoms with E-state index in [1.54, 1.807) is 13.0 Å². The summed E-state index contributed by atoms with van der Waals surface area (Å²) in [5, 5.41) is 4.22. The van der Waals surface area contributed by atoms with E-state index in [0.29, 0.717) is 12.2 Å². The van der Waals surface area contributed by atoms with E-state index in [0.717, 1.165) is 27.8 Å². The van der Waals surface area contributed by atoms with Crippen LogP contribution in [-0.2, 0) is 21.3 Å². The van der Waals surface area contributed by atoms with Crippen LogP contribution in [0.25, 0.3) is 10.8 Å². The van der Waals surface area contributed by atoms with Crippen molar-refractivity contribution in [3.63, 3.8) is 0 Å². The molecule has 1 atom stereocenters. The Morgan fingerprint density at radius 3 is 2.41 bits per heavy atom. The fourth-order valence-electron chi connectivity index (χ4n) is 4.19. The fourth-order valence-corrected chi connectivity index (χ4v) is 4.19. The van der Waals surface area contributed by atoms with Gasteiger partial charge in [-0.2, -0.15) is 13.2 Å². The molecule has 1 fully saturated rings. The monoisotopic (exact) mass is 469 g/mol. The Kier molecular flexibility index (Phi) is 5.80. The summed E-state index contributed by atoms with van der Waals surface area (Å²) in [6, 6.07) is 16.4. The van der Waals surface area contributed by atoms with Crippen molar-refractivity contribution in [2.24, 2.45) is 0 Å². The number of nitrogens with zero attached hydrogens (tertiary/aromatic N) is 2. The van der Waals surface area contributed by atoms with Gasteiger partial charge in [-0.25, -0.2) is 4.79 Å². The summed E-state index contributed by atoms with van der Waals surface area (Å²) in [5.74, 6) is -1.28. The second kappa shape index (κ2) is 8.48. The molecule has 6 nitrogen and oxygen atoms in total. The number of carbonyl (C=O) groups is 3. The molecule has 1 unspecified atom stereocenters. The predicted octanol–water partition coefficient (Wildman–Crippen LogP) is 4.68. The number of fused-ring (bicyclic) bond motifs is 1. The Labute approximate surface area is 193 Å². The topological polar surface area (TPSA) is 69.7 Å². The van der Waals surface area contributed by atoms with E-state index in [1.165, 1.54) is 24.0 Å². The summed E-state index contributed by atoms with van der Waals surface area (Å²) < 4.78 is 39.5. The van der Waals surface area contributed by atoms with Crippen LogP contribution in [0.3, 0.4) is 0 Å². The fraction of sp³-hybridized carbons (Fsp3) is 0.240. The molecule has 9 heteroatoms. The molecule has 1 N–H and O–H groups in total. The summed E-state index contributed by atoms with van der Waals surface area (Å²) in [6.45, 7) is 2.85. The summed E-state index contributed by atoms with van der Waals surface area (Å²) in [7, 11) is 0. The first-order chi connectivity index (χ1) is 16.1. The highest BCUT2D eigenvalue weighted by molar-refractivity contribution is 6.11. The van der Waals surface area contributed by atoms with E-state index < -0.39 is 41.7 Å². The Bertz CT molecular complexity index is 1290. The van der Waals surface area contributed by atoms with Crippen molar-refractivity contribution in [2.45, 2.75) is 25.6 Å². The van der Waals surface area contributed by atoms with Crippen molar-refractivity contribution >= 4 is 34.3 Å². The number of alkyl halides is 3. The number of urea groups is 1. The minimum atomic E-state index is -4.60. The van der Waals surface area contributed by atoms with Gasteiger partial charge in [-0.15, -0.1) is 0 Å². The molecule has 0 aliphatic carbocycles. The molecule has 3 aromatic carbocycles. The first-order valence-electron chi connectivity index (χ1n) is 10.7. The average Bonchev–Trinajstić information content (AvgIpc) is 3.03. The third-order valence-corrected chi connectivity index (χ3v) is 6.01. The van der Waals surface area contributed by atoms with Gasteiger partial charge >= 0.3 is 12.2 Å². The summed E-state index contributed by atoms with van der Waals surface area (Å²) in [5.41, 5.74) is -2.04. The van der Waals surface area contributed by atoms with E-state index in [1.807, 2.05) is 36.4 Å². The van der Waals surface area contributed by atoms with Gasteiger partial charge < -0.3 is 10.2 Å². The van der Waals surface area contributed by atoms with Gasteiger partial charge in [-0.3, -0.25) is 14.5 Å². The average molecular weight is 469 g/mol. The van der Waals surface area contributed by atoms with Crippen LogP contribution in [0.5, 0.6) is 0 Å². The van der Waals surface area contributed by atoms with Crippen LogP contribution in [0, 0.1) is 0 Å². The van der Waals surface area contributed by atoms with Crippen LogP contribution in [0.15, 0.2) is 66.7 Å². The lowest BCUT2D eigenvalue weighted by molar-refractivity contribution is -0.138. The molecule has 0 spiro atoms. The summed E-state index contributed by atoms with van der Waals surface area (Å²) in [4.78, 5) is 41.3. The zero-order valence-corrected chi connectivity index (χ0v) is 18.5. The van der Waals surface area contributed by atoms with Crippen molar-refractivity contribution in [2.75, 3.05) is 18.0 Å². The number of nitrogens with one attached hydrogen (secondary N) is 1. The molecule has 1 heterocycles. The zero-order chi connectivity index (χ0) is 24.7. The molecule has 0 radical (unpaired) electrons. The van der Waals surface area contributed by atoms with E-state index in [9.17, 15) is 27.6 Å². The number of benzene rings is 3. The Morgan fingerprint density at radius 1 is 1.03 bits per heavy atom. The van der Waals surface area contributed by atoms with Gasteiger partial charge in [-0.1, -0.05) is 48.5 Å². The predicted molar refractivity (Wildman–Crippen MR) is 121 cm³/mol. The van der Waals surface area contributed by atoms with E-state index in [4.69, 9.17) is 0 Å². The Balaban J connectivity index is 1.61. The maximum atomic E-state index is 13.2. The molecule has 176 valence electrons. The lowest BCUT2D eigenvalue weighted by Gasteiger charge is -2.26. The molecule has 0 aromatic heterocycles. The number of carbonyl (C=O) groups excluding carboxylic acids is 3. The molecule has 0 saturated carbocycles. The number of likely N-dealkylation sites (N-methyl/N-ethyl adjacent to an activating group) is 1. The lowest BCUT2D eigenvalue weighted by atomic mass is 9.90. The Morgan fingerprint density at radius 2 is 1.71 bits per heavy atom. The molecule has 1 saturated heterocycles. The maximum absolute atomic E-state index is 13.2. The normalized spacial score (nSPS) is 18.3. The van der Waals surface area contributed by atoms with Crippen LogP contribution in [0.4, 0.5) is 23.7 Å². The molecule has 34 heavy (non-hydrogen) atoms. The minimum Gasteiger partial charge on any atom is -0.319 e. The first-order valence-corrected chi connectivity index (χ1v) is 10.7. The molecular formula is C25H22F3N3O3. The number of amides is 4. The van der Waals surface area contributed by atoms with Crippen LogP contribution in [0.1, 0.15) is 25.0 Å². The van der Waals surface area contributed by atoms with Gasteiger partial charge in [0.2, 0.25) is 5.91 Å². The first kappa shape index (κ1) is 23.3. The molecule has 4 rings (SSSR count). The highest BCUT2D eigenvalue weighted by Crippen LogP contribution is 2.35. The van der Waals surface area contributed by atoms with Crippen LogP contribution in [-0.4, -0.2) is 35.8 Å². The SMILES string of the molecule is CCN(C(=O)CN1C(=O)NC(C)(c2cccc(C(F)(F)F)c2)C1=O)c1cccc2ccccc12. The summed E-state index contributed by atoms with van der Waals surface area (Å²) >= 11 is 0. The lowest BCUT2D eigenvalue weighted by Crippen LogP contribution is -2.44. The molecule has 4 amide bonds. The number of halogens is 3. The van der Waals surface area contributed by atoms with Crippen LogP contribution < -0.4 is 10.2 Å². The van der Waals surface area contributed by atoms with Crippen molar-refractivity contribution in [3.05, 3.63) is 77.9 Å². The van der Waals surface area contributed by atoms with Crippen molar-refractivity contribution in [3.8, 4) is 0 Å². The number of hydrogen-bond acceptors (Lipinski definition) is 3. The van der Waals surface area contributed by atoms with Gasteiger partial charge in [0.1, 0.15) is 12.1 Å². The highest BCUT2D eigenvalue weighted by atomic mass is 19.4. The van der Waals surface area contributed by atoms with E-state index in [2.05, 4.69) is 5.32 Å². The van der Waals surface area contributed by atoms with Gasteiger partial charge in [0.05, 0.1) is 11.3 Å². The maximum Gasteiger partial charge on any atom is 0.416 e. The molecule has 0 bridgehead atoms. The second-order valence-electron chi connectivity index (χ2n) is 8.16. The van der Waals surface area contributed by atoms with Gasteiger partial charge in [-0.05, 0) is 43.0 Å². The zero-order valence-electron chi connectivity index (χ0n) is 18.5. The number of rotatable bonds is 5. The van der Waals surface area contributed by atoms with Gasteiger partial charge in [0, 0.05) is 11.9 Å². The van der Waals surface area contributed by atoms with E-state index >= 15 is 0 Å². The number of hydrogen-bond donors (Lipinski definition) is 1. The number of anilines is 1. The van der Waals surface area contributed by atoms with E-state index in [-0.39, 0.29) is 5.56 Å². The van der Waals surface area contributed by atoms with Crippen LogP contribution in [0.2, 0.25) is 0 Å². The quantitative estimate of drug-likeness (QED) is 0.552. The number of imide groups is 1. The highest BCUT2D eigenvalue weighted by Gasteiger charge is 2.50. The molecule has 1 aliphatic heterocycles. The van der Waals surface area contributed by atoms with Crippen molar-refractivity contribution in [1.29, 1.82) is 0 Å². The van der Waals surface area contributed by atoms with Gasteiger partial charge in [0.15, 0.2) is 0 Å². The van der Waals surface area contributed by atoms with Crippen molar-refractivity contribution in [1.82, 2.24) is 10.2 Å². The van der Waals surface area contributed by atoms with Crippen LogP contribution >= 0.6 is 0 Å². The molecular weight excluding hydrogens is 447 g/mol. The standard InChI is InChI=1S/C25H22F3N3O3/c1-3-30(20-13-6-9-16-8-4-5-12-19(16)20)21(32)15-31-22(33)24(2,29-23(31)34)17-10-7-11-18(14-17)25(26,27)28/h4-14H,3,15H2,1-2H3,(H,29,34). The summed E-state index contributed by atoms with van der Waals surface area (Å²) in [6.07, 6.45) is -4.60. The van der Waals surface area contributed by atoms with Gasteiger partial charge in [0.25, 0.3) is 5.91 Å².